The lowest BCUT2D eigenvalue weighted by molar-refractivity contribution is 1.19. The van der Waals surface area contributed by atoms with Crippen molar-refractivity contribution in [2.45, 2.75) is 24.5 Å². The first-order valence-electron chi connectivity index (χ1n) is 4.94. The van der Waals surface area contributed by atoms with Crippen molar-refractivity contribution in [1.82, 2.24) is 9.97 Å². The lowest BCUT2D eigenvalue weighted by Gasteiger charge is -2.00. The van der Waals surface area contributed by atoms with E-state index < -0.39 is 0 Å². The predicted octanol–water partition coefficient (Wildman–Crippen LogP) is 3.32. The van der Waals surface area contributed by atoms with E-state index in [0.29, 0.717) is 0 Å². The van der Waals surface area contributed by atoms with Gasteiger partial charge in [-0.3, -0.25) is 0 Å². The summed E-state index contributed by atoms with van der Waals surface area (Å²) < 4.78 is 0. The van der Waals surface area contributed by atoms with Gasteiger partial charge in [0.25, 0.3) is 0 Å². The number of aromatic nitrogens is 2. The highest BCUT2D eigenvalue weighted by atomic mass is 32.2. The molecule has 0 atom stereocenters. The molecule has 78 valence electrons. The first-order chi connectivity index (χ1) is 7.25. The summed E-state index contributed by atoms with van der Waals surface area (Å²) in [5, 5.41) is 0. The highest BCUT2D eigenvalue weighted by Crippen LogP contribution is 2.22. The standard InChI is InChI=1S/C12H14N2S/c1-9-3-5-11(6-4-9)15-7-12-10(2)13-8-14-12/h3-6,8H,7H2,1-2H3,(H,13,14). The molecule has 0 bridgehead atoms. The van der Waals surface area contributed by atoms with Crippen LogP contribution in [0.3, 0.4) is 0 Å². The van der Waals surface area contributed by atoms with E-state index in [1.165, 1.54) is 10.5 Å². The van der Waals surface area contributed by atoms with Crippen molar-refractivity contribution in [3.05, 3.63) is 47.5 Å². The molecular weight excluding hydrogens is 204 g/mol. The average molecular weight is 218 g/mol. The Hall–Kier alpha value is -1.22. The van der Waals surface area contributed by atoms with Gasteiger partial charge in [0.05, 0.1) is 12.0 Å². The van der Waals surface area contributed by atoms with E-state index in [0.717, 1.165) is 17.1 Å². The van der Waals surface area contributed by atoms with E-state index in [2.05, 4.69) is 48.1 Å². The number of aromatic amines is 1. The van der Waals surface area contributed by atoms with Gasteiger partial charge in [0.1, 0.15) is 0 Å². The minimum atomic E-state index is 0.929. The second kappa shape index (κ2) is 4.53. The molecule has 3 heteroatoms. The fourth-order valence-electron chi connectivity index (χ4n) is 1.32. The molecule has 0 spiro atoms. The number of nitrogens with one attached hydrogen (secondary N) is 1. The quantitative estimate of drug-likeness (QED) is 0.801. The number of aryl methyl sites for hydroxylation is 2. The minimum absolute atomic E-state index is 0.929. The minimum Gasteiger partial charge on any atom is -0.348 e. The van der Waals surface area contributed by atoms with Crippen molar-refractivity contribution >= 4 is 11.8 Å². The molecule has 0 aliphatic heterocycles. The summed E-state index contributed by atoms with van der Waals surface area (Å²) >= 11 is 1.82. The highest BCUT2D eigenvalue weighted by Gasteiger charge is 2.01. The smallest absolute Gasteiger partial charge is 0.0925 e. The SMILES string of the molecule is Cc1ccc(SCc2nc[nH]c2C)cc1. The number of thioether (sulfide) groups is 1. The van der Waals surface area contributed by atoms with Crippen LogP contribution < -0.4 is 0 Å². The molecule has 1 aromatic carbocycles. The van der Waals surface area contributed by atoms with Gasteiger partial charge in [0, 0.05) is 16.3 Å². The number of imidazole rings is 1. The Morgan fingerprint density at radius 3 is 2.53 bits per heavy atom. The number of rotatable bonds is 3. The van der Waals surface area contributed by atoms with Crippen LogP contribution >= 0.6 is 11.8 Å². The van der Waals surface area contributed by atoms with Gasteiger partial charge in [-0.05, 0) is 26.0 Å². The van der Waals surface area contributed by atoms with Crippen LogP contribution in [-0.2, 0) is 5.75 Å². The number of hydrogen-bond donors (Lipinski definition) is 1. The molecule has 1 heterocycles. The Balaban J connectivity index is 1.99. The van der Waals surface area contributed by atoms with Crippen LogP contribution in [0, 0.1) is 13.8 Å². The van der Waals surface area contributed by atoms with Gasteiger partial charge in [-0.1, -0.05) is 17.7 Å². The van der Waals surface area contributed by atoms with Crippen molar-refractivity contribution in [3.8, 4) is 0 Å². The van der Waals surface area contributed by atoms with E-state index in [1.54, 1.807) is 6.33 Å². The third-order valence-corrected chi connectivity index (χ3v) is 3.35. The molecule has 2 nitrogen and oxygen atoms in total. The Labute approximate surface area is 94.1 Å². The van der Waals surface area contributed by atoms with Gasteiger partial charge in [-0.15, -0.1) is 11.8 Å². The van der Waals surface area contributed by atoms with Crippen LogP contribution in [0.25, 0.3) is 0 Å². The van der Waals surface area contributed by atoms with E-state index >= 15 is 0 Å². The van der Waals surface area contributed by atoms with Gasteiger partial charge < -0.3 is 4.98 Å². The lowest BCUT2D eigenvalue weighted by Crippen LogP contribution is -1.84. The van der Waals surface area contributed by atoms with Gasteiger partial charge in [-0.25, -0.2) is 4.98 Å². The van der Waals surface area contributed by atoms with Crippen LogP contribution in [0.2, 0.25) is 0 Å². The molecule has 0 fully saturated rings. The zero-order valence-electron chi connectivity index (χ0n) is 8.95. The first kappa shape index (κ1) is 10.3. The summed E-state index contributed by atoms with van der Waals surface area (Å²) in [6.45, 7) is 4.16. The Kier molecular flexibility index (Phi) is 3.11. The molecule has 15 heavy (non-hydrogen) atoms. The molecule has 0 saturated carbocycles. The predicted molar refractivity (Wildman–Crippen MR) is 64.1 cm³/mol. The molecule has 1 N–H and O–H groups in total. The van der Waals surface area contributed by atoms with E-state index in [-0.39, 0.29) is 0 Å². The first-order valence-corrected chi connectivity index (χ1v) is 5.92. The highest BCUT2D eigenvalue weighted by molar-refractivity contribution is 7.98. The van der Waals surface area contributed by atoms with Crippen LogP contribution in [0.1, 0.15) is 17.0 Å². The van der Waals surface area contributed by atoms with Crippen molar-refractivity contribution in [3.63, 3.8) is 0 Å². The van der Waals surface area contributed by atoms with Gasteiger partial charge in [-0.2, -0.15) is 0 Å². The maximum absolute atomic E-state index is 4.27. The van der Waals surface area contributed by atoms with E-state index in [9.17, 15) is 0 Å². The topological polar surface area (TPSA) is 28.7 Å². The van der Waals surface area contributed by atoms with Crippen molar-refractivity contribution in [1.29, 1.82) is 0 Å². The molecule has 1 aromatic heterocycles. The molecule has 0 unspecified atom stereocenters. The van der Waals surface area contributed by atoms with Crippen LogP contribution in [0.5, 0.6) is 0 Å². The second-order valence-corrected chi connectivity index (χ2v) is 4.62. The molecule has 0 aliphatic carbocycles. The number of nitrogens with zero attached hydrogens (tertiary/aromatic N) is 1. The maximum Gasteiger partial charge on any atom is 0.0925 e. The molecule has 2 aromatic rings. The Bertz CT molecular complexity index is 431. The van der Waals surface area contributed by atoms with Crippen molar-refractivity contribution in [2.75, 3.05) is 0 Å². The number of hydrogen-bond acceptors (Lipinski definition) is 2. The van der Waals surface area contributed by atoms with Gasteiger partial charge in [0.15, 0.2) is 0 Å². The Morgan fingerprint density at radius 1 is 1.20 bits per heavy atom. The zero-order chi connectivity index (χ0) is 10.7. The molecule has 2 rings (SSSR count). The Morgan fingerprint density at radius 2 is 1.93 bits per heavy atom. The molecular formula is C12H14N2S. The zero-order valence-corrected chi connectivity index (χ0v) is 9.77. The van der Waals surface area contributed by atoms with E-state index in [1.807, 2.05) is 11.8 Å². The largest absolute Gasteiger partial charge is 0.348 e. The maximum atomic E-state index is 4.27. The molecule has 0 aliphatic rings. The number of benzene rings is 1. The van der Waals surface area contributed by atoms with Crippen molar-refractivity contribution in [2.24, 2.45) is 0 Å². The molecule has 0 radical (unpaired) electrons. The summed E-state index contributed by atoms with van der Waals surface area (Å²) in [6.07, 6.45) is 1.75. The monoisotopic (exact) mass is 218 g/mol. The summed E-state index contributed by atoms with van der Waals surface area (Å²) in [7, 11) is 0. The average Bonchev–Trinajstić information content (AvgIpc) is 2.63. The summed E-state index contributed by atoms with van der Waals surface area (Å²) in [4.78, 5) is 8.66. The van der Waals surface area contributed by atoms with Crippen LogP contribution in [0.15, 0.2) is 35.5 Å². The van der Waals surface area contributed by atoms with Crippen molar-refractivity contribution < 1.29 is 0 Å². The van der Waals surface area contributed by atoms with Crippen LogP contribution in [0.4, 0.5) is 0 Å². The third-order valence-electron chi connectivity index (χ3n) is 2.33. The fourth-order valence-corrected chi connectivity index (χ4v) is 2.24. The molecule has 0 amide bonds. The fraction of sp³-hybridized carbons (Fsp3) is 0.250. The van der Waals surface area contributed by atoms with Gasteiger partial charge >= 0.3 is 0 Å². The lowest BCUT2D eigenvalue weighted by atomic mass is 10.2. The third kappa shape index (κ3) is 2.63. The van der Waals surface area contributed by atoms with Crippen LogP contribution in [-0.4, -0.2) is 9.97 Å². The van der Waals surface area contributed by atoms with Gasteiger partial charge in [0.2, 0.25) is 0 Å². The van der Waals surface area contributed by atoms with E-state index in [4.69, 9.17) is 0 Å². The summed E-state index contributed by atoms with van der Waals surface area (Å²) in [5.41, 5.74) is 3.60. The summed E-state index contributed by atoms with van der Waals surface area (Å²) in [5.74, 6) is 0.929. The number of H-pyrrole nitrogens is 1. The normalized spacial score (nSPS) is 10.5. The molecule has 0 saturated heterocycles. The second-order valence-electron chi connectivity index (χ2n) is 3.58. The summed E-state index contributed by atoms with van der Waals surface area (Å²) in [6, 6.07) is 8.59.